The Morgan fingerprint density at radius 3 is 2.65 bits per heavy atom. The first-order valence-electron chi connectivity index (χ1n) is 9.14. The number of nitrogens with zero attached hydrogens (tertiary/aromatic N) is 4. The van der Waals surface area contributed by atoms with E-state index >= 15 is 0 Å². The predicted octanol–water partition coefficient (Wildman–Crippen LogP) is 3.46. The van der Waals surface area contributed by atoms with E-state index < -0.39 is 0 Å². The van der Waals surface area contributed by atoms with Crippen molar-refractivity contribution in [3.05, 3.63) is 37.2 Å². The number of pyridine rings is 1. The van der Waals surface area contributed by atoms with Gasteiger partial charge < -0.3 is 5.32 Å². The molecular formula is C19H25N5OS. The van der Waals surface area contributed by atoms with E-state index in [0.717, 1.165) is 29.4 Å². The molecular weight excluding hydrogens is 346 g/mol. The van der Waals surface area contributed by atoms with Crippen LogP contribution < -0.4 is 5.32 Å². The lowest BCUT2D eigenvalue weighted by atomic mass is 10.1. The van der Waals surface area contributed by atoms with Crippen LogP contribution in [0.3, 0.4) is 0 Å². The summed E-state index contributed by atoms with van der Waals surface area (Å²) in [6, 6.07) is 4.12. The van der Waals surface area contributed by atoms with Gasteiger partial charge in [-0.1, -0.05) is 43.5 Å². The van der Waals surface area contributed by atoms with E-state index in [1.807, 2.05) is 22.8 Å². The largest absolute Gasteiger partial charge is 0.353 e. The molecule has 138 valence electrons. The Morgan fingerprint density at radius 1 is 1.23 bits per heavy atom. The molecule has 0 saturated heterocycles. The normalized spacial score (nSPS) is 15.4. The number of amides is 1. The first-order chi connectivity index (χ1) is 12.8. The summed E-state index contributed by atoms with van der Waals surface area (Å²) in [7, 11) is 0. The molecule has 7 heteroatoms. The minimum Gasteiger partial charge on any atom is -0.353 e. The molecule has 2 aromatic heterocycles. The molecule has 0 aliphatic heterocycles. The Balaban J connectivity index is 1.63. The number of thioether (sulfide) groups is 1. The average molecular weight is 372 g/mol. The second kappa shape index (κ2) is 9.52. The first kappa shape index (κ1) is 18.6. The van der Waals surface area contributed by atoms with Crippen molar-refractivity contribution in [1.82, 2.24) is 25.1 Å². The van der Waals surface area contributed by atoms with Crippen LogP contribution in [0.15, 0.2) is 42.3 Å². The standard InChI is InChI=1S/C19H25N5OS/c1-2-13-24-18(15-9-11-20-12-10-15)22-23-19(24)26-14-17(25)21-16-7-5-3-4-6-8-16/h2,9-12,16H,1,3-8,13-14H2,(H,21,25). The molecule has 0 unspecified atom stereocenters. The second-order valence-electron chi connectivity index (χ2n) is 6.49. The molecule has 0 spiro atoms. The van der Waals surface area contributed by atoms with Crippen LogP contribution in [0.4, 0.5) is 0 Å². The number of hydrogen-bond donors (Lipinski definition) is 1. The highest BCUT2D eigenvalue weighted by atomic mass is 32.2. The molecule has 26 heavy (non-hydrogen) atoms. The summed E-state index contributed by atoms with van der Waals surface area (Å²) in [6.45, 7) is 4.41. The minimum absolute atomic E-state index is 0.0699. The van der Waals surface area contributed by atoms with Crippen LogP contribution in [0.1, 0.15) is 38.5 Å². The van der Waals surface area contributed by atoms with Gasteiger partial charge in [-0.2, -0.15) is 0 Å². The number of rotatable bonds is 7. The SMILES string of the molecule is C=CCn1c(SCC(=O)NC2CCCCCC2)nnc1-c1ccncc1. The maximum atomic E-state index is 12.3. The maximum absolute atomic E-state index is 12.3. The van der Waals surface area contributed by atoms with Crippen molar-refractivity contribution < 1.29 is 4.79 Å². The van der Waals surface area contributed by atoms with Gasteiger partial charge in [0.25, 0.3) is 0 Å². The van der Waals surface area contributed by atoms with Gasteiger partial charge in [0.1, 0.15) is 0 Å². The summed E-state index contributed by atoms with van der Waals surface area (Å²) >= 11 is 1.42. The van der Waals surface area contributed by atoms with Crippen molar-refractivity contribution in [3.8, 4) is 11.4 Å². The number of carbonyl (C=O) groups is 1. The van der Waals surface area contributed by atoms with Crippen molar-refractivity contribution in [2.24, 2.45) is 0 Å². The van der Waals surface area contributed by atoms with E-state index in [9.17, 15) is 4.79 Å². The highest BCUT2D eigenvalue weighted by Crippen LogP contribution is 2.24. The van der Waals surface area contributed by atoms with E-state index in [2.05, 4.69) is 27.1 Å². The maximum Gasteiger partial charge on any atom is 0.230 e. The van der Waals surface area contributed by atoms with Crippen LogP contribution in [0.5, 0.6) is 0 Å². The molecule has 0 aromatic carbocycles. The predicted molar refractivity (Wildman–Crippen MR) is 104 cm³/mol. The van der Waals surface area contributed by atoms with Crippen molar-refractivity contribution in [3.63, 3.8) is 0 Å². The van der Waals surface area contributed by atoms with Crippen LogP contribution in [0.2, 0.25) is 0 Å². The number of carbonyl (C=O) groups excluding carboxylic acids is 1. The summed E-state index contributed by atoms with van der Waals surface area (Å²) in [6.07, 6.45) is 12.4. The van der Waals surface area contributed by atoms with Gasteiger partial charge in [-0.25, -0.2) is 0 Å². The lowest BCUT2D eigenvalue weighted by Crippen LogP contribution is -2.35. The monoisotopic (exact) mass is 371 g/mol. The molecule has 1 N–H and O–H groups in total. The van der Waals surface area contributed by atoms with E-state index in [1.54, 1.807) is 12.4 Å². The van der Waals surface area contributed by atoms with Gasteiger partial charge in [0.15, 0.2) is 11.0 Å². The third-order valence-electron chi connectivity index (χ3n) is 4.52. The molecule has 1 aliphatic rings. The second-order valence-corrected chi connectivity index (χ2v) is 7.43. The zero-order valence-corrected chi connectivity index (χ0v) is 15.7. The Labute approximate surface area is 158 Å². The van der Waals surface area contributed by atoms with Gasteiger partial charge in [0, 0.05) is 30.5 Å². The van der Waals surface area contributed by atoms with Gasteiger partial charge >= 0.3 is 0 Å². The van der Waals surface area contributed by atoms with Crippen LogP contribution in [0, 0.1) is 0 Å². The lowest BCUT2D eigenvalue weighted by Gasteiger charge is -2.16. The Hall–Kier alpha value is -2.15. The third-order valence-corrected chi connectivity index (χ3v) is 5.49. The average Bonchev–Trinajstić information content (AvgIpc) is 2.88. The Morgan fingerprint density at radius 2 is 1.96 bits per heavy atom. The van der Waals surface area contributed by atoms with Crippen LogP contribution in [0.25, 0.3) is 11.4 Å². The highest BCUT2D eigenvalue weighted by molar-refractivity contribution is 7.99. The van der Waals surface area contributed by atoms with Gasteiger partial charge in [0.2, 0.25) is 5.91 Å². The number of aromatic nitrogens is 4. The van der Waals surface area contributed by atoms with Crippen molar-refractivity contribution in [1.29, 1.82) is 0 Å². The lowest BCUT2D eigenvalue weighted by molar-refractivity contribution is -0.119. The smallest absolute Gasteiger partial charge is 0.230 e. The summed E-state index contributed by atoms with van der Waals surface area (Å²) in [5.41, 5.74) is 0.948. The molecule has 2 heterocycles. The van der Waals surface area contributed by atoms with Crippen LogP contribution in [-0.4, -0.2) is 37.5 Å². The molecule has 1 aliphatic carbocycles. The minimum atomic E-state index is 0.0699. The Bertz CT molecular complexity index is 723. The molecule has 3 rings (SSSR count). The van der Waals surface area contributed by atoms with E-state index in [0.29, 0.717) is 18.3 Å². The van der Waals surface area contributed by atoms with Crippen LogP contribution >= 0.6 is 11.8 Å². The zero-order valence-electron chi connectivity index (χ0n) is 14.9. The molecule has 1 saturated carbocycles. The molecule has 0 radical (unpaired) electrons. The highest BCUT2D eigenvalue weighted by Gasteiger charge is 2.17. The van der Waals surface area contributed by atoms with Crippen molar-refractivity contribution in [2.75, 3.05) is 5.75 Å². The molecule has 0 atom stereocenters. The van der Waals surface area contributed by atoms with Crippen molar-refractivity contribution >= 4 is 17.7 Å². The van der Waals surface area contributed by atoms with Gasteiger partial charge in [-0.05, 0) is 25.0 Å². The third kappa shape index (κ3) is 4.94. The summed E-state index contributed by atoms with van der Waals surface area (Å²) < 4.78 is 1.98. The van der Waals surface area contributed by atoms with Crippen molar-refractivity contribution in [2.45, 2.75) is 56.3 Å². The molecule has 1 fully saturated rings. The fourth-order valence-electron chi connectivity index (χ4n) is 3.23. The molecule has 6 nitrogen and oxygen atoms in total. The first-order valence-corrected chi connectivity index (χ1v) is 10.1. The van der Waals surface area contributed by atoms with E-state index in [4.69, 9.17) is 0 Å². The van der Waals surface area contributed by atoms with E-state index in [1.165, 1.54) is 37.4 Å². The molecule has 2 aromatic rings. The zero-order chi connectivity index (χ0) is 18.2. The fourth-order valence-corrected chi connectivity index (χ4v) is 3.99. The Kier molecular flexibility index (Phi) is 6.82. The molecule has 1 amide bonds. The number of allylic oxidation sites excluding steroid dienone is 1. The molecule has 0 bridgehead atoms. The van der Waals surface area contributed by atoms with E-state index in [-0.39, 0.29) is 5.91 Å². The quantitative estimate of drug-likeness (QED) is 0.458. The summed E-state index contributed by atoms with van der Waals surface area (Å²) in [5.74, 6) is 1.18. The topological polar surface area (TPSA) is 72.7 Å². The van der Waals surface area contributed by atoms with Gasteiger partial charge in [0.05, 0.1) is 5.75 Å². The van der Waals surface area contributed by atoms with Gasteiger partial charge in [-0.3, -0.25) is 14.3 Å². The number of hydrogen-bond acceptors (Lipinski definition) is 5. The number of nitrogens with one attached hydrogen (secondary N) is 1. The summed E-state index contributed by atoms with van der Waals surface area (Å²) in [5, 5.41) is 12.5. The van der Waals surface area contributed by atoms with Gasteiger partial charge in [-0.15, -0.1) is 16.8 Å². The fraction of sp³-hybridized carbons (Fsp3) is 0.474. The summed E-state index contributed by atoms with van der Waals surface area (Å²) in [4.78, 5) is 16.4. The van der Waals surface area contributed by atoms with Crippen LogP contribution in [-0.2, 0) is 11.3 Å².